The van der Waals surface area contributed by atoms with Gasteiger partial charge in [-0.3, -0.25) is 19.3 Å². The standard InChI is InChI=1S/C24H25N3O6/c1-3-4-21(29)25-17-8-5-15(6-9-17)18(28)14-27-22(30)24(2,26-23(27)31)16-7-10-19-20(13-16)33-12-11-32-19/h5-10,13H,3-4,11-12,14H2,1-2H3,(H,25,29)(H,26,31)/t24-/m0/s1. The molecule has 1 saturated heterocycles. The monoisotopic (exact) mass is 451 g/mol. The van der Waals surface area contributed by atoms with Crippen LogP contribution < -0.4 is 20.1 Å². The average Bonchev–Trinajstić information content (AvgIpc) is 3.03. The summed E-state index contributed by atoms with van der Waals surface area (Å²) in [6.45, 7) is 3.95. The molecule has 1 atom stereocenters. The van der Waals surface area contributed by atoms with Gasteiger partial charge < -0.3 is 20.1 Å². The lowest BCUT2D eigenvalue weighted by atomic mass is 9.91. The van der Waals surface area contributed by atoms with Crippen molar-refractivity contribution < 1.29 is 28.7 Å². The molecule has 0 radical (unpaired) electrons. The number of hydrogen-bond acceptors (Lipinski definition) is 6. The number of carbonyl (C=O) groups is 4. The van der Waals surface area contributed by atoms with Gasteiger partial charge in [-0.15, -0.1) is 0 Å². The van der Waals surface area contributed by atoms with Crippen LogP contribution in [0.3, 0.4) is 0 Å². The molecular weight excluding hydrogens is 426 g/mol. The molecular formula is C24H25N3O6. The van der Waals surface area contributed by atoms with E-state index in [1.165, 1.54) is 0 Å². The molecule has 9 nitrogen and oxygen atoms in total. The highest BCUT2D eigenvalue weighted by atomic mass is 16.6. The van der Waals surface area contributed by atoms with Crippen LogP contribution in [0.25, 0.3) is 0 Å². The molecule has 2 aliphatic heterocycles. The molecule has 1 fully saturated rings. The van der Waals surface area contributed by atoms with E-state index < -0.39 is 29.8 Å². The molecule has 0 bridgehead atoms. The van der Waals surface area contributed by atoms with E-state index in [2.05, 4.69) is 10.6 Å². The largest absolute Gasteiger partial charge is 0.486 e. The summed E-state index contributed by atoms with van der Waals surface area (Å²) >= 11 is 0. The zero-order valence-corrected chi connectivity index (χ0v) is 18.5. The zero-order chi connectivity index (χ0) is 23.6. The lowest BCUT2D eigenvalue weighted by Gasteiger charge is -2.25. The van der Waals surface area contributed by atoms with Crippen molar-refractivity contribution in [1.29, 1.82) is 0 Å². The second-order valence-electron chi connectivity index (χ2n) is 8.10. The van der Waals surface area contributed by atoms with Gasteiger partial charge in [0.05, 0.1) is 6.54 Å². The number of nitrogens with zero attached hydrogens (tertiary/aromatic N) is 1. The summed E-state index contributed by atoms with van der Waals surface area (Å²) in [5.74, 6) is 0.0566. The summed E-state index contributed by atoms with van der Waals surface area (Å²) < 4.78 is 11.1. The summed E-state index contributed by atoms with van der Waals surface area (Å²) in [6, 6.07) is 10.8. The topological polar surface area (TPSA) is 114 Å². The van der Waals surface area contributed by atoms with E-state index in [1.807, 2.05) is 6.92 Å². The number of carbonyl (C=O) groups excluding carboxylic acids is 4. The highest BCUT2D eigenvalue weighted by molar-refractivity contribution is 6.11. The van der Waals surface area contributed by atoms with Crippen molar-refractivity contribution in [3.8, 4) is 11.5 Å². The maximum absolute atomic E-state index is 13.2. The van der Waals surface area contributed by atoms with Crippen molar-refractivity contribution in [2.24, 2.45) is 0 Å². The van der Waals surface area contributed by atoms with Crippen molar-refractivity contribution in [2.45, 2.75) is 32.2 Å². The molecule has 0 spiro atoms. The number of nitrogens with one attached hydrogen (secondary N) is 2. The van der Waals surface area contributed by atoms with Crippen molar-refractivity contribution in [3.63, 3.8) is 0 Å². The number of imide groups is 1. The molecule has 4 amide bonds. The van der Waals surface area contributed by atoms with Crippen molar-refractivity contribution >= 4 is 29.3 Å². The maximum atomic E-state index is 13.2. The number of hydrogen-bond donors (Lipinski definition) is 2. The molecule has 33 heavy (non-hydrogen) atoms. The Morgan fingerprint density at radius 2 is 1.76 bits per heavy atom. The summed E-state index contributed by atoms with van der Waals surface area (Å²) in [4.78, 5) is 51.2. The fraction of sp³-hybridized carbons (Fsp3) is 0.333. The quantitative estimate of drug-likeness (QED) is 0.494. The van der Waals surface area contributed by atoms with Crippen LogP contribution in [0.15, 0.2) is 42.5 Å². The zero-order valence-electron chi connectivity index (χ0n) is 18.5. The van der Waals surface area contributed by atoms with Crippen molar-refractivity contribution in [3.05, 3.63) is 53.6 Å². The van der Waals surface area contributed by atoms with E-state index in [1.54, 1.807) is 49.4 Å². The molecule has 2 heterocycles. The van der Waals surface area contributed by atoms with E-state index in [0.29, 0.717) is 47.9 Å². The van der Waals surface area contributed by atoms with Gasteiger partial charge in [-0.05, 0) is 55.3 Å². The summed E-state index contributed by atoms with van der Waals surface area (Å²) in [5.41, 5.74) is 0.107. The van der Waals surface area contributed by atoms with Crippen molar-refractivity contribution in [2.75, 3.05) is 25.1 Å². The third-order valence-electron chi connectivity index (χ3n) is 5.66. The fourth-order valence-electron chi connectivity index (χ4n) is 3.82. The molecule has 4 rings (SSSR count). The van der Waals surface area contributed by atoms with E-state index in [-0.39, 0.29) is 5.91 Å². The van der Waals surface area contributed by atoms with Crippen LogP contribution in [0.5, 0.6) is 11.5 Å². The Balaban J connectivity index is 1.47. The minimum atomic E-state index is -1.33. The normalized spacial score (nSPS) is 19.3. The third kappa shape index (κ3) is 4.39. The van der Waals surface area contributed by atoms with Crippen LogP contribution in [0.4, 0.5) is 10.5 Å². The van der Waals surface area contributed by atoms with Gasteiger partial charge in [-0.1, -0.05) is 13.0 Å². The summed E-state index contributed by atoms with van der Waals surface area (Å²) in [7, 11) is 0. The van der Waals surface area contributed by atoms with Gasteiger partial charge in [0.25, 0.3) is 5.91 Å². The Hall–Kier alpha value is -3.88. The highest BCUT2D eigenvalue weighted by Gasteiger charge is 2.49. The first kappa shape index (κ1) is 22.3. The minimum absolute atomic E-state index is 0.102. The van der Waals surface area contributed by atoms with Crippen LogP contribution in [-0.2, 0) is 15.1 Å². The molecule has 2 aromatic carbocycles. The van der Waals surface area contributed by atoms with Gasteiger partial charge in [0.15, 0.2) is 17.3 Å². The van der Waals surface area contributed by atoms with Gasteiger partial charge in [0.1, 0.15) is 18.8 Å². The van der Waals surface area contributed by atoms with Crippen LogP contribution in [0.2, 0.25) is 0 Å². The number of benzene rings is 2. The van der Waals surface area contributed by atoms with Gasteiger partial charge in [0, 0.05) is 17.7 Å². The Bertz CT molecular complexity index is 1110. The van der Waals surface area contributed by atoms with Crippen molar-refractivity contribution in [1.82, 2.24) is 10.2 Å². The number of amides is 4. The highest BCUT2D eigenvalue weighted by Crippen LogP contribution is 2.36. The molecule has 9 heteroatoms. The second kappa shape index (κ2) is 8.93. The van der Waals surface area contributed by atoms with Crippen LogP contribution >= 0.6 is 0 Å². The number of ketones is 1. The lowest BCUT2D eigenvalue weighted by Crippen LogP contribution is -2.41. The Labute approximate surface area is 191 Å². The first-order valence-electron chi connectivity index (χ1n) is 10.8. The predicted octanol–water partition coefficient (Wildman–Crippen LogP) is 2.85. The first-order chi connectivity index (χ1) is 15.8. The van der Waals surface area contributed by atoms with Crippen LogP contribution in [0.1, 0.15) is 42.6 Å². The van der Waals surface area contributed by atoms with E-state index >= 15 is 0 Å². The Morgan fingerprint density at radius 3 is 2.45 bits per heavy atom. The predicted molar refractivity (Wildman–Crippen MR) is 119 cm³/mol. The van der Waals surface area contributed by atoms with Gasteiger partial charge in [0.2, 0.25) is 5.91 Å². The molecule has 2 N–H and O–H groups in total. The van der Waals surface area contributed by atoms with E-state index in [0.717, 1.165) is 11.3 Å². The molecule has 172 valence electrons. The number of urea groups is 1. The van der Waals surface area contributed by atoms with Crippen LogP contribution in [0, 0.1) is 0 Å². The molecule has 2 aromatic rings. The van der Waals surface area contributed by atoms with Gasteiger partial charge in [-0.2, -0.15) is 0 Å². The number of rotatable bonds is 7. The summed E-state index contributed by atoms with van der Waals surface area (Å²) in [5, 5.41) is 5.44. The van der Waals surface area contributed by atoms with Crippen LogP contribution in [-0.4, -0.2) is 48.3 Å². The molecule has 0 saturated carbocycles. The molecule has 0 aliphatic carbocycles. The number of anilines is 1. The fourth-order valence-corrected chi connectivity index (χ4v) is 3.82. The van der Waals surface area contributed by atoms with E-state index in [9.17, 15) is 19.2 Å². The number of Topliss-reactive ketones (excluding diaryl/α,β-unsaturated/α-hetero) is 1. The molecule has 0 aromatic heterocycles. The second-order valence-corrected chi connectivity index (χ2v) is 8.10. The maximum Gasteiger partial charge on any atom is 0.325 e. The third-order valence-corrected chi connectivity index (χ3v) is 5.66. The average molecular weight is 451 g/mol. The number of ether oxygens (including phenoxy) is 2. The van der Waals surface area contributed by atoms with E-state index in [4.69, 9.17) is 9.47 Å². The molecule has 0 unspecified atom stereocenters. The van der Waals surface area contributed by atoms with Gasteiger partial charge in [-0.25, -0.2) is 4.79 Å². The minimum Gasteiger partial charge on any atom is -0.486 e. The first-order valence-corrected chi connectivity index (χ1v) is 10.8. The SMILES string of the molecule is CCCC(=O)Nc1ccc(C(=O)CN2C(=O)N[C@@](C)(c3ccc4c(c3)OCCO4)C2=O)cc1. The Kier molecular flexibility index (Phi) is 6.04. The smallest absolute Gasteiger partial charge is 0.325 e. The molecule has 2 aliphatic rings. The lowest BCUT2D eigenvalue weighted by molar-refractivity contribution is -0.130. The number of fused-ring (bicyclic) bond motifs is 1. The van der Waals surface area contributed by atoms with Gasteiger partial charge >= 0.3 is 6.03 Å². The Morgan fingerprint density at radius 1 is 1.06 bits per heavy atom. The summed E-state index contributed by atoms with van der Waals surface area (Å²) in [6.07, 6.45) is 1.15.